The Morgan fingerprint density at radius 3 is 2.07 bits per heavy atom. The van der Waals surface area contributed by atoms with Gasteiger partial charge in [-0.15, -0.1) is 0 Å². The molecule has 0 spiro atoms. The molecule has 0 aromatic heterocycles. The first-order valence-corrected chi connectivity index (χ1v) is 20.5. The van der Waals surface area contributed by atoms with Gasteiger partial charge in [0.25, 0.3) is 0 Å². The van der Waals surface area contributed by atoms with Crippen LogP contribution in [0.1, 0.15) is 196 Å². The maximum atomic E-state index is 6.09. The van der Waals surface area contributed by atoms with Crippen molar-refractivity contribution in [3.8, 4) is 0 Å². The van der Waals surface area contributed by atoms with E-state index < -0.39 is 0 Å². The van der Waals surface area contributed by atoms with E-state index in [1.54, 1.807) is 0 Å². The second-order valence-electron chi connectivity index (χ2n) is 16.7. The van der Waals surface area contributed by atoms with E-state index in [9.17, 15) is 0 Å². The molecule has 1 fully saturated rings. The Morgan fingerprint density at radius 1 is 0.800 bits per heavy atom. The summed E-state index contributed by atoms with van der Waals surface area (Å²) >= 11 is 0. The zero-order valence-electron chi connectivity index (χ0n) is 31.9. The van der Waals surface area contributed by atoms with Crippen LogP contribution in [0.2, 0.25) is 6.32 Å². The Morgan fingerprint density at radius 2 is 1.47 bits per heavy atom. The summed E-state index contributed by atoms with van der Waals surface area (Å²) in [5.74, 6) is 4.17. The van der Waals surface area contributed by atoms with Crippen LogP contribution in [0.4, 0.5) is 0 Å². The molecule has 0 aromatic rings. The van der Waals surface area contributed by atoms with Gasteiger partial charge >= 0.3 is 0 Å². The quantitative estimate of drug-likeness (QED) is 0.0492. The largest absolute Gasteiger partial charge is 0.330 e. The molecule has 3 N–H and O–H groups in total. The lowest BCUT2D eigenvalue weighted by molar-refractivity contribution is 0.156. The van der Waals surface area contributed by atoms with Gasteiger partial charge in [0.05, 0.1) is 7.85 Å². The molecule has 0 aromatic carbocycles. The predicted octanol–water partition coefficient (Wildman–Crippen LogP) is 12.6. The number of nitrogens with two attached hydrogens (primary N) is 1. The van der Waals surface area contributed by atoms with Gasteiger partial charge in [0.1, 0.15) is 0 Å². The van der Waals surface area contributed by atoms with Crippen LogP contribution >= 0.6 is 0 Å². The second kappa shape index (κ2) is 26.7. The van der Waals surface area contributed by atoms with Gasteiger partial charge in [-0.25, -0.2) is 0 Å². The van der Waals surface area contributed by atoms with E-state index in [0.717, 1.165) is 42.5 Å². The van der Waals surface area contributed by atoms with Crippen LogP contribution in [0.5, 0.6) is 0 Å². The smallest absolute Gasteiger partial charge is 0.0653 e. The standard InChI is InChI=1S/C42H83BN2/c1-8-21-35(3)27-28-36(4)38(25-20-32-44)33-39(37-23-16-15-17-24-37)29-30-41(26-18-13-11-10-12-14-19-31-43)45-34-40(22-9-2)42(5,6)7/h36-41,45H,3,8-34,44H2,1-2,4-7H3. The minimum Gasteiger partial charge on any atom is -0.330 e. The molecular formula is C42H83BN2. The monoisotopic (exact) mass is 627 g/mol. The molecule has 5 atom stereocenters. The summed E-state index contributed by atoms with van der Waals surface area (Å²) in [7, 11) is 5.70. The van der Waals surface area contributed by atoms with Crippen molar-refractivity contribution in [3.63, 3.8) is 0 Å². The van der Waals surface area contributed by atoms with Gasteiger partial charge in [0.2, 0.25) is 0 Å². The third kappa shape index (κ3) is 20.6. The van der Waals surface area contributed by atoms with Gasteiger partial charge in [0, 0.05) is 6.04 Å². The lowest BCUT2D eigenvalue weighted by Gasteiger charge is -2.36. The van der Waals surface area contributed by atoms with Crippen molar-refractivity contribution in [1.29, 1.82) is 0 Å². The summed E-state index contributed by atoms with van der Waals surface area (Å²) in [6.07, 6.45) is 33.3. The van der Waals surface area contributed by atoms with Gasteiger partial charge in [-0.1, -0.05) is 150 Å². The summed E-state index contributed by atoms with van der Waals surface area (Å²) in [5, 5.41) is 4.20. The molecule has 1 aliphatic rings. The van der Waals surface area contributed by atoms with Crippen molar-refractivity contribution in [3.05, 3.63) is 12.2 Å². The summed E-state index contributed by atoms with van der Waals surface area (Å²) < 4.78 is 0. The molecule has 0 saturated heterocycles. The first-order chi connectivity index (χ1) is 21.7. The molecule has 1 saturated carbocycles. The molecule has 0 amide bonds. The van der Waals surface area contributed by atoms with Crippen LogP contribution in [0.3, 0.4) is 0 Å². The highest BCUT2D eigenvalue weighted by atomic mass is 14.9. The Labute approximate surface area is 286 Å². The van der Waals surface area contributed by atoms with Crippen LogP contribution in [-0.2, 0) is 0 Å². The minimum absolute atomic E-state index is 0.372. The predicted molar refractivity (Wildman–Crippen MR) is 205 cm³/mol. The highest BCUT2D eigenvalue weighted by Gasteiger charge is 2.30. The third-order valence-corrected chi connectivity index (χ3v) is 11.7. The Kier molecular flexibility index (Phi) is 25.3. The van der Waals surface area contributed by atoms with Gasteiger partial charge in [-0.2, -0.15) is 0 Å². The van der Waals surface area contributed by atoms with Crippen LogP contribution in [0, 0.1) is 35.0 Å². The molecule has 45 heavy (non-hydrogen) atoms. The van der Waals surface area contributed by atoms with E-state index in [4.69, 9.17) is 13.6 Å². The van der Waals surface area contributed by atoms with E-state index in [-0.39, 0.29) is 0 Å². The lowest BCUT2D eigenvalue weighted by Crippen LogP contribution is -2.38. The van der Waals surface area contributed by atoms with Crippen LogP contribution < -0.4 is 11.1 Å². The van der Waals surface area contributed by atoms with Crippen molar-refractivity contribution in [2.24, 2.45) is 40.7 Å². The summed E-state index contributed by atoms with van der Waals surface area (Å²) in [6.45, 7) is 21.0. The Hall–Kier alpha value is -0.275. The van der Waals surface area contributed by atoms with Crippen molar-refractivity contribution < 1.29 is 0 Å². The fourth-order valence-electron chi connectivity index (χ4n) is 8.38. The zero-order valence-corrected chi connectivity index (χ0v) is 31.9. The van der Waals surface area contributed by atoms with Crippen LogP contribution in [-0.4, -0.2) is 27.0 Å². The molecule has 2 nitrogen and oxygen atoms in total. The molecule has 3 heteroatoms. The van der Waals surface area contributed by atoms with Crippen molar-refractivity contribution >= 4 is 7.85 Å². The second-order valence-corrected chi connectivity index (χ2v) is 16.7. The molecule has 1 rings (SSSR count). The third-order valence-electron chi connectivity index (χ3n) is 11.7. The first-order valence-electron chi connectivity index (χ1n) is 20.5. The highest BCUT2D eigenvalue weighted by Crippen LogP contribution is 2.40. The van der Waals surface area contributed by atoms with Crippen molar-refractivity contribution in [2.75, 3.05) is 13.1 Å². The molecule has 1 aliphatic carbocycles. The summed E-state index contributed by atoms with van der Waals surface area (Å²) in [5.41, 5.74) is 7.93. The number of unbranched alkanes of at least 4 members (excludes halogenated alkanes) is 6. The van der Waals surface area contributed by atoms with Gasteiger partial charge in [-0.05, 0) is 112 Å². The fraction of sp³-hybridized carbons (Fsp3) is 0.952. The topological polar surface area (TPSA) is 38.0 Å². The summed E-state index contributed by atoms with van der Waals surface area (Å²) in [6, 6.07) is 0.673. The van der Waals surface area contributed by atoms with E-state index in [2.05, 4.69) is 53.4 Å². The Bertz CT molecular complexity index is 679. The van der Waals surface area contributed by atoms with E-state index in [1.165, 1.54) is 166 Å². The number of rotatable bonds is 29. The average Bonchev–Trinajstić information content (AvgIpc) is 3.02. The molecule has 0 heterocycles. The maximum absolute atomic E-state index is 6.09. The molecule has 2 radical (unpaired) electrons. The van der Waals surface area contributed by atoms with E-state index in [1.807, 2.05) is 0 Å². The average molecular weight is 627 g/mol. The highest BCUT2D eigenvalue weighted by molar-refractivity contribution is 6.08. The normalized spacial score (nSPS) is 18.0. The van der Waals surface area contributed by atoms with Gasteiger partial charge < -0.3 is 11.1 Å². The van der Waals surface area contributed by atoms with E-state index in [0.29, 0.717) is 11.5 Å². The summed E-state index contributed by atoms with van der Waals surface area (Å²) in [4.78, 5) is 0. The van der Waals surface area contributed by atoms with Crippen LogP contribution in [0.25, 0.3) is 0 Å². The lowest BCUT2D eigenvalue weighted by atomic mass is 9.70. The number of allylic oxidation sites excluding steroid dienone is 1. The number of hydrogen-bond donors (Lipinski definition) is 2. The van der Waals surface area contributed by atoms with Gasteiger partial charge in [-0.3, -0.25) is 0 Å². The number of nitrogens with one attached hydrogen (secondary N) is 1. The SMILES string of the molecule is [B]CCCCCCCCCC(CCC(CC(CCCN)C(C)CCC(=C)CCC)C1CCCCC1)NCC(CCC)C(C)(C)C. The molecular weight excluding hydrogens is 543 g/mol. The van der Waals surface area contributed by atoms with Crippen LogP contribution in [0.15, 0.2) is 12.2 Å². The molecule has 264 valence electrons. The molecule has 0 bridgehead atoms. The molecule has 0 aliphatic heterocycles. The van der Waals surface area contributed by atoms with Crippen molar-refractivity contribution in [1.82, 2.24) is 5.32 Å². The zero-order chi connectivity index (χ0) is 33.3. The number of hydrogen-bond acceptors (Lipinski definition) is 2. The van der Waals surface area contributed by atoms with Crippen molar-refractivity contribution in [2.45, 2.75) is 208 Å². The Balaban J connectivity index is 2.95. The molecule has 5 unspecified atom stereocenters. The fourth-order valence-corrected chi connectivity index (χ4v) is 8.38. The maximum Gasteiger partial charge on any atom is 0.0653 e. The minimum atomic E-state index is 0.372. The van der Waals surface area contributed by atoms with Gasteiger partial charge in [0.15, 0.2) is 0 Å². The first kappa shape index (κ1) is 42.7. The van der Waals surface area contributed by atoms with E-state index >= 15 is 0 Å².